The van der Waals surface area contributed by atoms with Gasteiger partial charge in [-0.3, -0.25) is 10.2 Å². The van der Waals surface area contributed by atoms with Crippen molar-refractivity contribution in [1.29, 1.82) is 0 Å². The summed E-state index contributed by atoms with van der Waals surface area (Å²) in [7, 11) is 0. The fourth-order valence-electron chi connectivity index (χ4n) is 3.13. The number of nitrogens with one attached hydrogen (secondary N) is 1. The fraction of sp³-hybridized carbons (Fsp3) is 0.222. The summed E-state index contributed by atoms with van der Waals surface area (Å²) in [6.45, 7) is 3.67. The minimum Gasteiger partial charge on any atom is -0.345 e. The third-order valence-electron chi connectivity index (χ3n) is 4.47. The number of amidine groups is 1. The van der Waals surface area contributed by atoms with E-state index in [1.54, 1.807) is 0 Å². The lowest BCUT2D eigenvalue weighted by Crippen LogP contribution is -2.38. The van der Waals surface area contributed by atoms with Crippen LogP contribution in [0, 0.1) is 0 Å². The molecule has 2 aliphatic heterocycles. The third-order valence-corrected chi connectivity index (χ3v) is 5.27. The highest BCUT2D eigenvalue weighted by molar-refractivity contribution is 6.43. The molecule has 0 aromatic heterocycles. The lowest BCUT2D eigenvalue weighted by Gasteiger charge is -2.18. The van der Waals surface area contributed by atoms with Crippen molar-refractivity contribution < 1.29 is 9.53 Å². The number of carbonyl (C=O) groups is 1. The molecule has 2 fully saturated rings. The molecule has 134 valence electrons. The van der Waals surface area contributed by atoms with Crippen LogP contribution in [0.2, 0.25) is 15.1 Å². The van der Waals surface area contributed by atoms with Crippen LogP contribution in [0.4, 0.5) is 11.4 Å². The quantitative estimate of drug-likeness (QED) is 0.725. The van der Waals surface area contributed by atoms with Crippen LogP contribution in [0.15, 0.2) is 47.5 Å². The first-order chi connectivity index (χ1) is 12.3. The van der Waals surface area contributed by atoms with E-state index in [-0.39, 0.29) is 16.0 Å². The molecule has 5 nitrogen and oxygen atoms in total. The Kier molecular flexibility index (Phi) is 3.97. The van der Waals surface area contributed by atoms with E-state index in [9.17, 15) is 4.79 Å². The number of epoxide rings is 1. The van der Waals surface area contributed by atoms with Crippen LogP contribution >= 0.6 is 34.8 Å². The molecule has 1 amide bonds. The molecule has 4 rings (SSSR count). The number of anilines is 1. The van der Waals surface area contributed by atoms with E-state index in [1.807, 2.05) is 44.2 Å². The number of nitrogens with zero attached hydrogens (tertiary/aromatic N) is 2. The Bertz CT molecular complexity index is 923. The van der Waals surface area contributed by atoms with Gasteiger partial charge in [-0.15, -0.1) is 0 Å². The van der Waals surface area contributed by atoms with E-state index >= 15 is 0 Å². The maximum atomic E-state index is 13.2. The summed E-state index contributed by atoms with van der Waals surface area (Å²) in [6.07, 6.45) is 0. The van der Waals surface area contributed by atoms with Crippen molar-refractivity contribution in [3.63, 3.8) is 0 Å². The Morgan fingerprint density at radius 2 is 1.65 bits per heavy atom. The topological polar surface area (TPSA) is 57.2 Å². The first-order valence-corrected chi connectivity index (χ1v) is 9.00. The fourth-order valence-corrected chi connectivity index (χ4v) is 4.11. The number of hydrogen-bond acceptors (Lipinski definition) is 3. The van der Waals surface area contributed by atoms with Crippen LogP contribution in [-0.4, -0.2) is 22.9 Å². The van der Waals surface area contributed by atoms with Gasteiger partial charge in [0.25, 0.3) is 5.91 Å². The molecule has 0 bridgehead atoms. The van der Waals surface area contributed by atoms with Gasteiger partial charge in [0.05, 0.1) is 15.7 Å². The minimum atomic E-state index is -1.20. The van der Waals surface area contributed by atoms with E-state index in [0.717, 1.165) is 0 Å². The molecule has 1 unspecified atom stereocenters. The molecule has 1 spiro atoms. The lowest BCUT2D eigenvalue weighted by molar-refractivity contribution is -0.120. The van der Waals surface area contributed by atoms with Gasteiger partial charge in [-0.05, 0) is 38.1 Å². The zero-order valence-electron chi connectivity index (χ0n) is 13.9. The van der Waals surface area contributed by atoms with Gasteiger partial charge in [-0.25, -0.2) is 10.0 Å². The number of carbonyl (C=O) groups excluding carboxylic acids is 1. The number of halogens is 3. The number of hydrogen-bond donors (Lipinski definition) is 1. The van der Waals surface area contributed by atoms with Crippen molar-refractivity contribution in [3.05, 3.63) is 57.5 Å². The highest BCUT2D eigenvalue weighted by Gasteiger charge is 2.77. The van der Waals surface area contributed by atoms with Gasteiger partial charge >= 0.3 is 0 Å². The van der Waals surface area contributed by atoms with Gasteiger partial charge in [0.15, 0.2) is 5.84 Å². The standard InChI is InChI=1S/C18H14Cl3N3O2/c1-17(2)18(26-17)15(22-11-6-4-3-5-7-11)23-24(16(18)25)14-12(20)8-10(19)9-13(14)21/h3-9H,1-2H3,(H,22,23). The summed E-state index contributed by atoms with van der Waals surface area (Å²) in [4.78, 5) is 17.8. The second-order valence-corrected chi connectivity index (χ2v) is 7.81. The van der Waals surface area contributed by atoms with Gasteiger partial charge in [0.2, 0.25) is 5.60 Å². The van der Waals surface area contributed by atoms with Crippen molar-refractivity contribution in [2.24, 2.45) is 4.99 Å². The van der Waals surface area contributed by atoms with Crippen LogP contribution < -0.4 is 10.4 Å². The number of aliphatic imine (C=N–C) groups is 1. The maximum Gasteiger partial charge on any atom is 0.289 e. The Morgan fingerprint density at radius 1 is 1.08 bits per heavy atom. The predicted molar refractivity (Wildman–Crippen MR) is 104 cm³/mol. The molecule has 26 heavy (non-hydrogen) atoms. The summed E-state index contributed by atoms with van der Waals surface area (Å²) in [5.41, 5.74) is 2.12. The lowest BCUT2D eigenvalue weighted by atomic mass is 9.95. The Hall–Kier alpha value is -1.79. The molecule has 8 heteroatoms. The highest BCUT2D eigenvalue weighted by Crippen LogP contribution is 2.53. The van der Waals surface area contributed by atoms with Gasteiger partial charge in [-0.2, -0.15) is 0 Å². The first kappa shape index (κ1) is 17.6. The van der Waals surface area contributed by atoms with Crippen molar-refractivity contribution in [2.45, 2.75) is 25.0 Å². The summed E-state index contributed by atoms with van der Waals surface area (Å²) < 4.78 is 5.81. The molecule has 1 atom stereocenters. The molecular weight excluding hydrogens is 397 g/mol. The SMILES string of the molecule is CC1(C)OC12C(=O)N(c1c(Cl)cc(Cl)cc1Cl)NC2=Nc1ccccc1. The third kappa shape index (κ3) is 2.50. The molecule has 0 saturated carbocycles. The zero-order valence-corrected chi connectivity index (χ0v) is 16.2. The Morgan fingerprint density at radius 3 is 2.19 bits per heavy atom. The van der Waals surface area contributed by atoms with E-state index < -0.39 is 11.2 Å². The van der Waals surface area contributed by atoms with Crippen LogP contribution in [0.3, 0.4) is 0 Å². The molecule has 2 aromatic carbocycles. The summed E-state index contributed by atoms with van der Waals surface area (Å²) >= 11 is 18.6. The number of rotatable bonds is 2. The predicted octanol–water partition coefficient (Wildman–Crippen LogP) is 4.78. The summed E-state index contributed by atoms with van der Waals surface area (Å²) in [5.74, 6) is 0.0593. The monoisotopic (exact) mass is 409 g/mol. The average Bonchev–Trinajstić information content (AvgIpc) is 3.06. The number of benzene rings is 2. The number of para-hydroxylation sites is 1. The smallest absolute Gasteiger partial charge is 0.289 e. The van der Waals surface area contributed by atoms with Crippen molar-refractivity contribution >= 4 is 57.9 Å². The molecular formula is C18H14Cl3N3O2. The van der Waals surface area contributed by atoms with E-state index in [4.69, 9.17) is 39.5 Å². The van der Waals surface area contributed by atoms with E-state index in [0.29, 0.717) is 22.2 Å². The minimum absolute atomic E-state index is 0.248. The van der Waals surface area contributed by atoms with Crippen LogP contribution in [-0.2, 0) is 9.53 Å². The highest BCUT2D eigenvalue weighted by atomic mass is 35.5. The van der Waals surface area contributed by atoms with Crippen molar-refractivity contribution in [2.75, 3.05) is 5.01 Å². The van der Waals surface area contributed by atoms with Crippen LogP contribution in [0.1, 0.15) is 13.8 Å². The molecule has 2 aliphatic rings. The number of ether oxygens (including phenoxy) is 1. The largest absolute Gasteiger partial charge is 0.345 e. The summed E-state index contributed by atoms with van der Waals surface area (Å²) in [5, 5.41) is 2.15. The molecule has 2 aromatic rings. The average molecular weight is 411 g/mol. The van der Waals surface area contributed by atoms with Crippen molar-refractivity contribution in [3.8, 4) is 0 Å². The Balaban J connectivity index is 1.82. The van der Waals surface area contributed by atoms with Crippen molar-refractivity contribution in [1.82, 2.24) is 5.43 Å². The number of hydrazine groups is 1. The second kappa shape index (κ2) is 5.86. The van der Waals surface area contributed by atoms with Gasteiger partial charge in [0, 0.05) is 5.02 Å². The van der Waals surface area contributed by atoms with E-state index in [1.165, 1.54) is 17.1 Å². The van der Waals surface area contributed by atoms with Gasteiger partial charge in [0.1, 0.15) is 11.3 Å². The molecule has 1 N–H and O–H groups in total. The van der Waals surface area contributed by atoms with E-state index in [2.05, 4.69) is 10.4 Å². The molecule has 0 aliphatic carbocycles. The summed E-state index contributed by atoms with van der Waals surface area (Å²) in [6, 6.07) is 12.4. The normalized spacial score (nSPS) is 25.0. The molecule has 2 saturated heterocycles. The maximum absolute atomic E-state index is 13.2. The van der Waals surface area contributed by atoms with Gasteiger partial charge < -0.3 is 4.74 Å². The molecule has 2 heterocycles. The van der Waals surface area contributed by atoms with Gasteiger partial charge in [-0.1, -0.05) is 53.0 Å². The second-order valence-electron chi connectivity index (χ2n) is 6.56. The first-order valence-electron chi connectivity index (χ1n) is 7.86. The number of amides is 1. The zero-order chi connectivity index (χ0) is 18.7. The van der Waals surface area contributed by atoms with Crippen LogP contribution in [0.5, 0.6) is 0 Å². The Labute approximate surface area is 165 Å². The van der Waals surface area contributed by atoms with Crippen LogP contribution in [0.25, 0.3) is 0 Å². The molecule has 0 radical (unpaired) electrons.